The number of aromatic nitrogens is 2. The van der Waals surface area contributed by atoms with Gasteiger partial charge >= 0.3 is 0 Å². The summed E-state index contributed by atoms with van der Waals surface area (Å²) in [5.74, 6) is 1.11. The Morgan fingerprint density at radius 2 is 2.11 bits per heavy atom. The molecule has 0 amide bonds. The summed E-state index contributed by atoms with van der Waals surface area (Å²) >= 11 is 1.90. The van der Waals surface area contributed by atoms with E-state index >= 15 is 0 Å². The Kier molecular flexibility index (Phi) is 4.55. The van der Waals surface area contributed by atoms with Gasteiger partial charge in [0.25, 0.3) is 0 Å². The van der Waals surface area contributed by atoms with Gasteiger partial charge in [0.15, 0.2) is 0 Å². The van der Waals surface area contributed by atoms with Crippen LogP contribution in [0.4, 0.5) is 0 Å². The second-order valence-corrected chi connectivity index (χ2v) is 5.98. The summed E-state index contributed by atoms with van der Waals surface area (Å²) in [6.45, 7) is 8.27. The maximum Gasteiger partial charge on any atom is 0.122 e. The summed E-state index contributed by atoms with van der Waals surface area (Å²) in [4.78, 5) is 7.27. The lowest BCUT2D eigenvalue weighted by atomic mass is 10.3. The van der Waals surface area contributed by atoms with Crippen molar-refractivity contribution in [3.63, 3.8) is 0 Å². The van der Waals surface area contributed by atoms with Crippen LogP contribution >= 0.6 is 11.3 Å². The van der Waals surface area contributed by atoms with E-state index in [1.807, 2.05) is 17.5 Å². The summed E-state index contributed by atoms with van der Waals surface area (Å²) in [6, 6.07) is 4.94. The van der Waals surface area contributed by atoms with Crippen molar-refractivity contribution in [2.45, 2.75) is 46.3 Å². The first-order valence-corrected chi connectivity index (χ1v) is 7.31. The lowest BCUT2D eigenvalue weighted by Gasteiger charge is -2.10. The van der Waals surface area contributed by atoms with Crippen molar-refractivity contribution in [3.05, 3.63) is 40.1 Å². The predicted octanol–water partition coefficient (Wildman–Crippen LogP) is 3.05. The van der Waals surface area contributed by atoms with Crippen LogP contribution in [0.2, 0.25) is 0 Å². The fraction of sp³-hybridized carbons (Fsp3) is 0.500. The molecule has 0 fully saturated rings. The third-order valence-electron chi connectivity index (χ3n) is 2.86. The molecule has 0 unspecified atom stereocenters. The maximum absolute atomic E-state index is 4.42. The highest BCUT2D eigenvalue weighted by Crippen LogP contribution is 2.18. The normalized spacial score (nSPS) is 11.3. The Labute approximate surface area is 113 Å². The van der Waals surface area contributed by atoms with Crippen LogP contribution in [0.1, 0.15) is 36.3 Å². The number of hydrogen-bond donors (Lipinski definition) is 1. The van der Waals surface area contributed by atoms with Gasteiger partial charge in [-0.3, -0.25) is 0 Å². The Bertz CT molecular complexity index is 485. The molecule has 0 aliphatic carbocycles. The molecule has 0 atom stereocenters. The molecule has 2 aromatic heterocycles. The van der Waals surface area contributed by atoms with Crippen LogP contribution < -0.4 is 5.32 Å². The van der Waals surface area contributed by atoms with E-state index in [9.17, 15) is 0 Å². The summed E-state index contributed by atoms with van der Waals surface area (Å²) in [5, 5.41) is 3.41. The first kappa shape index (κ1) is 13.3. The van der Waals surface area contributed by atoms with Gasteiger partial charge in [-0.1, -0.05) is 20.8 Å². The smallest absolute Gasteiger partial charge is 0.122 e. The Hall–Kier alpha value is -1.13. The minimum Gasteiger partial charge on any atom is -0.329 e. The second-order valence-electron chi connectivity index (χ2n) is 4.73. The van der Waals surface area contributed by atoms with Gasteiger partial charge in [0.1, 0.15) is 5.82 Å². The molecule has 4 heteroatoms. The van der Waals surface area contributed by atoms with E-state index in [0.717, 1.165) is 25.3 Å². The first-order valence-electron chi connectivity index (χ1n) is 6.50. The molecule has 98 valence electrons. The first-order chi connectivity index (χ1) is 8.69. The van der Waals surface area contributed by atoms with Crippen molar-refractivity contribution < 1.29 is 0 Å². The number of aryl methyl sites for hydroxylation is 1. The average Bonchev–Trinajstić information content (AvgIpc) is 2.96. The number of hydrogen-bond acceptors (Lipinski definition) is 3. The lowest BCUT2D eigenvalue weighted by molar-refractivity contribution is 0.555. The van der Waals surface area contributed by atoms with E-state index in [1.54, 1.807) is 0 Å². The van der Waals surface area contributed by atoms with E-state index in [1.165, 1.54) is 9.75 Å². The van der Waals surface area contributed by atoms with Gasteiger partial charge < -0.3 is 9.88 Å². The predicted molar refractivity (Wildman–Crippen MR) is 77.0 cm³/mol. The van der Waals surface area contributed by atoms with Crippen LogP contribution in [0.25, 0.3) is 0 Å². The largest absolute Gasteiger partial charge is 0.329 e. The number of nitrogens with zero attached hydrogens (tertiary/aromatic N) is 2. The van der Waals surface area contributed by atoms with Crippen molar-refractivity contribution in [1.82, 2.24) is 14.9 Å². The van der Waals surface area contributed by atoms with Crippen LogP contribution in [0.5, 0.6) is 0 Å². The fourth-order valence-electron chi connectivity index (χ4n) is 1.81. The molecule has 0 aromatic carbocycles. The molecule has 2 heterocycles. The van der Waals surface area contributed by atoms with E-state index in [4.69, 9.17) is 0 Å². The molecule has 0 aliphatic rings. The zero-order chi connectivity index (χ0) is 13.0. The summed E-state index contributed by atoms with van der Waals surface area (Å²) in [6.07, 6.45) is 5.06. The summed E-state index contributed by atoms with van der Waals surface area (Å²) < 4.78 is 2.22. The topological polar surface area (TPSA) is 29.9 Å². The van der Waals surface area contributed by atoms with Crippen LogP contribution in [-0.4, -0.2) is 15.6 Å². The number of rotatable bonds is 6. The Morgan fingerprint density at radius 3 is 2.78 bits per heavy atom. The molecule has 0 spiro atoms. The zero-order valence-corrected chi connectivity index (χ0v) is 12.1. The summed E-state index contributed by atoms with van der Waals surface area (Å²) in [7, 11) is 0. The quantitative estimate of drug-likeness (QED) is 0.868. The van der Waals surface area contributed by atoms with E-state index in [2.05, 4.69) is 54.0 Å². The number of imidazole rings is 1. The van der Waals surface area contributed by atoms with E-state index in [-0.39, 0.29) is 0 Å². The van der Waals surface area contributed by atoms with Gasteiger partial charge in [-0.15, -0.1) is 11.3 Å². The van der Waals surface area contributed by atoms with Crippen LogP contribution in [0, 0.1) is 0 Å². The molecule has 0 radical (unpaired) electrons. The van der Waals surface area contributed by atoms with E-state index < -0.39 is 0 Å². The van der Waals surface area contributed by atoms with Crippen LogP contribution in [0.15, 0.2) is 24.5 Å². The fourth-order valence-corrected chi connectivity index (χ4v) is 2.77. The van der Waals surface area contributed by atoms with Gasteiger partial charge in [0.05, 0.1) is 13.1 Å². The molecule has 3 nitrogen and oxygen atoms in total. The van der Waals surface area contributed by atoms with Gasteiger partial charge in [0.2, 0.25) is 0 Å². The van der Waals surface area contributed by atoms with Crippen LogP contribution in [0.3, 0.4) is 0 Å². The van der Waals surface area contributed by atoms with Gasteiger partial charge in [-0.25, -0.2) is 4.98 Å². The Balaban J connectivity index is 2.02. The van der Waals surface area contributed by atoms with Crippen LogP contribution in [-0.2, 0) is 19.5 Å². The highest BCUT2D eigenvalue weighted by Gasteiger charge is 2.05. The highest BCUT2D eigenvalue weighted by atomic mass is 32.1. The van der Waals surface area contributed by atoms with Crippen molar-refractivity contribution in [1.29, 1.82) is 0 Å². The zero-order valence-electron chi connectivity index (χ0n) is 11.3. The summed E-state index contributed by atoms with van der Waals surface area (Å²) in [5.41, 5.74) is 0. The minimum atomic E-state index is 0.489. The highest BCUT2D eigenvalue weighted by molar-refractivity contribution is 7.11. The third-order valence-corrected chi connectivity index (χ3v) is 4.08. The third kappa shape index (κ3) is 3.43. The molecule has 0 aliphatic heterocycles. The molecule has 0 saturated carbocycles. The minimum absolute atomic E-state index is 0.489. The van der Waals surface area contributed by atoms with Crippen molar-refractivity contribution >= 4 is 11.3 Å². The van der Waals surface area contributed by atoms with Crippen molar-refractivity contribution in [2.75, 3.05) is 0 Å². The molecular formula is C14H21N3S. The SMILES string of the molecule is CCc1ccc(Cn2ccnc2CNC(C)C)s1. The standard InChI is InChI=1S/C14H21N3S/c1-4-12-5-6-13(18-12)10-17-8-7-15-14(17)9-16-11(2)3/h5-8,11,16H,4,9-10H2,1-3H3. The molecular weight excluding hydrogens is 242 g/mol. The molecule has 1 N–H and O–H groups in total. The second kappa shape index (κ2) is 6.16. The van der Waals surface area contributed by atoms with Gasteiger partial charge in [-0.05, 0) is 18.6 Å². The Morgan fingerprint density at radius 1 is 1.33 bits per heavy atom. The molecule has 0 bridgehead atoms. The monoisotopic (exact) mass is 263 g/mol. The maximum atomic E-state index is 4.42. The van der Waals surface area contributed by atoms with E-state index in [0.29, 0.717) is 6.04 Å². The molecule has 2 rings (SSSR count). The van der Waals surface area contributed by atoms with Gasteiger partial charge in [0, 0.05) is 28.2 Å². The number of nitrogens with one attached hydrogen (secondary N) is 1. The lowest BCUT2D eigenvalue weighted by Crippen LogP contribution is -2.24. The molecule has 2 aromatic rings. The van der Waals surface area contributed by atoms with Gasteiger partial charge in [-0.2, -0.15) is 0 Å². The molecule has 18 heavy (non-hydrogen) atoms. The van der Waals surface area contributed by atoms with Crippen molar-refractivity contribution in [3.8, 4) is 0 Å². The number of thiophene rings is 1. The molecule has 0 saturated heterocycles. The van der Waals surface area contributed by atoms with Crippen molar-refractivity contribution in [2.24, 2.45) is 0 Å². The average molecular weight is 263 g/mol.